The molecule has 3 aromatic rings. The van der Waals surface area contributed by atoms with E-state index in [0.717, 1.165) is 17.0 Å². The molecule has 2 heterocycles. The largest absolute Gasteiger partial charge is 0.491 e. The van der Waals surface area contributed by atoms with E-state index in [2.05, 4.69) is 20.4 Å². The molecule has 0 aliphatic heterocycles. The minimum absolute atomic E-state index is 0.114. The van der Waals surface area contributed by atoms with E-state index >= 15 is 0 Å². The van der Waals surface area contributed by atoms with Crippen LogP contribution in [0.1, 0.15) is 25.5 Å². The number of aromatic nitrogens is 4. The molecule has 0 saturated heterocycles. The van der Waals surface area contributed by atoms with Crippen LogP contribution in [0.4, 0.5) is 5.13 Å². The van der Waals surface area contributed by atoms with Crippen molar-refractivity contribution in [2.75, 3.05) is 5.32 Å². The summed E-state index contributed by atoms with van der Waals surface area (Å²) < 4.78 is 7.22. The number of ether oxygens (including phenoxy) is 1. The Morgan fingerprint density at radius 3 is 2.58 bits per heavy atom. The van der Waals surface area contributed by atoms with Gasteiger partial charge in [0.25, 0.3) is 0 Å². The first kappa shape index (κ1) is 18.1. The van der Waals surface area contributed by atoms with Crippen molar-refractivity contribution in [2.24, 2.45) is 0 Å². The highest BCUT2D eigenvalue weighted by Crippen LogP contribution is 2.26. The smallest absolute Gasteiger partial charge is 0.247 e. The summed E-state index contributed by atoms with van der Waals surface area (Å²) in [4.78, 5) is 20.9. The summed E-state index contributed by atoms with van der Waals surface area (Å²) in [6.07, 6.45) is 0.138. The molecule has 0 saturated carbocycles. The molecule has 2 aromatic heterocycles. The number of aryl methyl sites for hydroxylation is 2. The lowest BCUT2D eigenvalue weighted by molar-refractivity contribution is -0.116. The van der Waals surface area contributed by atoms with Crippen molar-refractivity contribution in [1.29, 1.82) is 0 Å². The van der Waals surface area contributed by atoms with Gasteiger partial charge in [-0.3, -0.25) is 4.79 Å². The number of hydrogen-bond acceptors (Lipinski definition) is 6. The van der Waals surface area contributed by atoms with Crippen LogP contribution >= 0.6 is 11.3 Å². The quantitative estimate of drug-likeness (QED) is 0.718. The molecule has 1 N–H and O–H groups in total. The third-order valence-electron chi connectivity index (χ3n) is 3.53. The van der Waals surface area contributed by atoms with E-state index in [1.165, 1.54) is 11.3 Å². The average Bonchev–Trinajstić information content (AvgIpc) is 3.14. The van der Waals surface area contributed by atoms with Crippen LogP contribution in [0.5, 0.6) is 5.75 Å². The number of thiazole rings is 1. The van der Waals surface area contributed by atoms with Crippen molar-refractivity contribution in [3.63, 3.8) is 0 Å². The maximum atomic E-state index is 12.2. The maximum absolute atomic E-state index is 12.2. The second kappa shape index (κ2) is 7.65. The highest BCUT2D eigenvalue weighted by Gasteiger charge is 2.11. The van der Waals surface area contributed by atoms with Gasteiger partial charge < -0.3 is 10.1 Å². The molecule has 0 aliphatic carbocycles. The minimum atomic E-state index is -0.181. The van der Waals surface area contributed by atoms with Crippen LogP contribution in [-0.4, -0.2) is 31.8 Å². The van der Waals surface area contributed by atoms with Crippen LogP contribution in [0.25, 0.3) is 11.3 Å². The second-order valence-corrected chi connectivity index (χ2v) is 7.00. The van der Waals surface area contributed by atoms with Gasteiger partial charge in [0.1, 0.15) is 23.9 Å². The standard InChI is InChI=1S/C18H21N5O2S/c1-11(2)25-15-7-5-14(6-8-15)16-10-26-18(20-16)21-17(24)9-23-13(4)19-12(3)22-23/h5-8,10-11H,9H2,1-4H3,(H,20,21,24). The Balaban J connectivity index is 1.64. The molecule has 0 spiro atoms. The van der Waals surface area contributed by atoms with Crippen LogP contribution < -0.4 is 10.1 Å². The molecule has 8 heteroatoms. The number of carbonyl (C=O) groups excluding carboxylic acids is 1. The molecule has 7 nitrogen and oxygen atoms in total. The fourth-order valence-corrected chi connectivity index (χ4v) is 3.18. The molecule has 0 aliphatic rings. The second-order valence-electron chi connectivity index (χ2n) is 6.14. The lowest BCUT2D eigenvalue weighted by atomic mass is 10.2. The Morgan fingerprint density at radius 2 is 1.96 bits per heavy atom. The van der Waals surface area contributed by atoms with Crippen molar-refractivity contribution < 1.29 is 9.53 Å². The highest BCUT2D eigenvalue weighted by molar-refractivity contribution is 7.14. The molecular formula is C18H21N5O2S. The van der Waals surface area contributed by atoms with Crippen LogP contribution in [0.3, 0.4) is 0 Å². The molecule has 136 valence electrons. The van der Waals surface area contributed by atoms with E-state index < -0.39 is 0 Å². The fraction of sp³-hybridized carbons (Fsp3) is 0.333. The first-order valence-electron chi connectivity index (χ1n) is 8.31. The molecule has 0 unspecified atom stereocenters. The van der Waals surface area contributed by atoms with Gasteiger partial charge in [0, 0.05) is 10.9 Å². The van der Waals surface area contributed by atoms with E-state index in [4.69, 9.17) is 4.74 Å². The average molecular weight is 371 g/mol. The van der Waals surface area contributed by atoms with Crippen molar-refractivity contribution in [2.45, 2.75) is 40.3 Å². The van der Waals surface area contributed by atoms with Gasteiger partial charge in [-0.15, -0.1) is 11.3 Å². The van der Waals surface area contributed by atoms with Gasteiger partial charge in [-0.2, -0.15) is 5.10 Å². The number of nitrogens with zero attached hydrogens (tertiary/aromatic N) is 4. The van der Waals surface area contributed by atoms with E-state index in [1.807, 2.05) is 50.4 Å². The molecule has 26 heavy (non-hydrogen) atoms. The fourth-order valence-electron chi connectivity index (χ4n) is 2.45. The lowest BCUT2D eigenvalue weighted by Gasteiger charge is -2.09. The summed E-state index contributed by atoms with van der Waals surface area (Å²) in [7, 11) is 0. The minimum Gasteiger partial charge on any atom is -0.491 e. The Morgan fingerprint density at radius 1 is 1.23 bits per heavy atom. The van der Waals surface area contributed by atoms with Crippen LogP contribution in [0, 0.1) is 13.8 Å². The molecule has 0 radical (unpaired) electrons. The molecule has 1 amide bonds. The third kappa shape index (κ3) is 4.45. The number of hydrogen-bond donors (Lipinski definition) is 1. The molecular weight excluding hydrogens is 350 g/mol. The van der Waals surface area contributed by atoms with Crippen molar-refractivity contribution in [3.05, 3.63) is 41.3 Å². The Bertz CT molecular complexity index is 899. The Kier molecular flexibility index (Phi) is 5.32. The number of amides is 1. The Hall–Kier alpha value is -2.74. The number of rotatable bonds is 6. The van der Waals surface area contributed by atoms with Gasteiger partial charge in [0.05, 0.1) is 11.8 Å². The van der Waals surface area contributed by atoms with Gasteiger partial charge in [-0.05, 0) is 52.0 Å². The molecule has 0 fully saturated rings. The number of carbonyl (C=O) groups is 1. The summed E-state index contributed by atoms with van der Waals surface area (Å²) in [5.41, 5.74) is 1.79. The molecule has 1 aromatic carbocycles. The lowest BCUT2D eigenvalue weighted by Crippen LogP contribution is -2.20. The van der Waals surface area contributed by atoms with E-state index in [9.17, 15) is 4.79 Å². The molecule has 0 atom stereocenters. The first-order chi connectivity index (χ1) is 12.4. The van der Waals surface area contributed by atoms with Crippen molar-refractivity contribution >= 4 is 22.4 Å². The monoisotopic (exact) mass is 371 g/mol. The van der Waals surface area contributed by atoms with Crippen LogP contribution in [-0.2, 0) is 11.3 Å². The normalized spacial score (nSPS) is 11.0. The van der Waals surface area contributed by atoms with Gasteiger partial charge in [0.2, 0.25) is 5.91 Å². The number of nitrogens with one attached hydrogen (secondary N) is 1. The van der Waals surface area contributed by atoms with Gasteiger partial charge in [-0.1, -0.05) is 0 Å². The Labute approximate surface area is 156 Å². The summed E-state index contributed by atoms with van der Waals surface area (Å²) in [5, 5.41) is 9.47. The summed E-state index contributed by atoms with van der Waals surface area (Å²) in [5.74, 6) is 2.00. The number of benzene rings is 1. The van der Waals surface area contributed by atoms with Crippen LogP contribution in [0.15, 0.2) is 29.6 Å². The van der Waals surface area contributed by atoms with Gasteiger partial charge in [0.15, 0.2) is 5.13 Å². The molecule has 3 rings (SSSR count). The first-order valence-corrected chi connectivity index (χ1v) is 9.19. The third-order valence-corrected chi connectivity index (χ3v) is 4.29. The van der Waals surface area contributed by atoms with E-state index in [-0.39, 0.29) is 18.6 Å². The maximum Gasteiger partial charge on any atom is 0.247 e. The summed E-state index contributed by atoms with van der Waals surface area (Å²) in [6, 6.07) is 7.76. The summed E-state index contributed by atoms with van der Waals surface area (Å²) >= 11 is 1.39. The zero-order valence-electron chi connectivity index (χ0n) is 15.2. The zero-order chi connectivity index (χ0) is 18.7. The highest BCUT2D eigenvalue weighted by atomic mass is 32.1. The van der Waals surface area contributed by atoms with Crippen molar-refractivity contribution in [3.8, 4) is 17.0 Å². The number of anilines is 1. The predicted octanol–water partition coefficient (Wildman–Crippen LogP) is 3.44. The van der Waals surface area contributed by atoms with Gasteiger partial charge in [-0.25, -0.2) is 14.6 Å². The topological polar surface area (TPSA) is 81.9 Å². The predicted molar refractivity (Wildman–Crippen MR) is 101 cm³/mol. The van der Waals surface area contributed by atoms with E-state index in [0.29, 0.717) is 16.8 Å². The van der Waals surface area contributed by atoms with Gasteiger partial charge >= 0.3 is 0 Å². The van der Waals surface area contributed by atoms with E-state index in [1.54, 1.807) is 11.6 Å². The zero-order valence-corrected chi connectivity index (χ0v) is 16.0. The van der Waals surface area contributed by atoms with Crippen LogP contribution in [0.2, 0.25) is 0 Å². The molecule has 0 bridgehead atoms. The SMILES string of the molecule is Cc1nc(C)n(CC(=O)Nc2nc(-c3ccc(OC(C)C)cc3)cs2)n1. The summed E-state index contributed by atoms with van der Waals surface area (Å²) in [6.45, 7) is 7.72. The van der Waals surface area contributed by atoms with Crippen molar-refractivity contribution in [1.82, 2.24) is 19.7 Å².